The van der Waals surface area contributed by atoms with Crippen molar-refractivity contribution < 1.29 is 9.90 Å². The highest BCUT2D eigenvalue weighted by molar-refractivity contribution is 6.34. The van der Waals surface area contributed by atoms with Crippen LogP contribution in [-0.4, -0.2) is 30.9 Å². The molecule has 6 nitrogen and oxygen atoms in total. The third-order valence-electron chi connectivity index (χ3n) is 5.87. The fourth-order valence-electron chi connectivity index (χ4n) is 4.35. The first-order chi connectivity index (χ1) is 14.8. The highest BCUT2D eigenvalue weighted by Gasteiger charge is 2.41. The van der Waals surface area contributed by atoms with Gasteiger partial charge in [-0.05, 0) is 25.8 Å². The summed E-state index contributed by atoms with van der Waals surface area (Å²) in [5.41, 5.74) is 8.62. The molecule has 31 heavy (non-hydrogen) atoms. The number of nitrogens with zero attached hydrogens (tertiary/aromatic N) is 3. The molecule has 0 amide bonds. The molecular weight excluding hydrogens is 412 g/mol. The maximum Gasteiger partial charge on any atom is 0.193 e. The number of benzene rings is 2. The molecule has 0 saturated heterocycles. The number of aromatic nitrogens is 3. The normalized spacial score (nSPS) is 20.5. The van der Waals surface area contributed by atoms with E-state index >= 15 is 0 Å². The molecule has 156 valence electrons. The number of halogens is 1. The number of carbonyl (C=O) groups excluding carboxylic acids is 1. The van der Waals surface area contributed by atoms with Crippen LogP contribution in [0.2, 0.25) is 5.02 Å². The number of nitrogen functional groups attached to an aromatic ring is 1. The molecule has 0 radical (unpaired) electrons. The SMILES string of the molecule is C[C@]1(O)C[C@H](c2nc(-c3ccc(C(=O)c4ccccc4)cc3Cl)c3c(N)nccn32)C1. The van der Waals surface area contributed by atoms with E-state index < -0.39 is 5.60 Å². The molecule has 1 saturated carbocycles. The summed E-state index contributed by atoms with van der Waals surface area (Å²) in [6.07, 6.45) is 4.72. The topological polar surface area (TPSA) is 93.5 Å². The predicted molar refractivity (Wildman–Crippen MR) is 120 cm³/mol. The Labute approximate surface area is 184 Å². The minimum absolute atomic E-state index is 0.0951. The Morgan fingerprint density at radius 2 is 1.94 bits per heavy atom. The molecule has 2 heterocycles. The molecule has 7 heteroatoms. The van der Waals surface area contributed by atoms with Gasteiger partial charge in [-0.25, -0.2) is 9.97 Å². The van der Waals surface area contributed by atoms with Crippen molar-refractivity contribution in [2.75, 3.05) is 5.73 Å². The molecule has 0 spiro atoms. The van der Waals surface area contributed by atoms with Crippen molar-refractivity contribution in [3.05, 3.63) is 82.9 Å². The number of carbonyl (C=O) groups is 1. The van der Waals surface area contributed by atoms with Crippen molar-refractivity contribution in [3.8, 4) is 11.3 Å². The van der Waals surface area contributed by atoms with Crippen LogP contribution in [-0.2, 0) is 0 Å². The van der Waals surface area contributed by atoms with Gasteiger partial charge in [0.05, 0.1) is 10.6 Å². The van der Waals surface area contributed by atoms with Gasteiger partial charge in [0.25, 0.3) is 0 Å². The van der Waals surface area contributed by atoms with Gasteiger partial charge < -0.3 is 10.8 Å². The summed E-state index contributed by atoms with van der Waals surface area (Å²) >= 11 is 6.63. The Morgan fingerprint density at radius 1 is 1.19 bits per heavy atom. The molecule has 0 bridgehead atoms. The quantitative estimate of drug-likeness (QED) is 0.463. The van der Waals surface area contributed by atoms with Gasteiger partial charge in [0.15, 0.2) is 5.78 Å². The summed E-state index contributed by atoms with van der Waals surface area (Å²) in [4.78, 5) is 21.9. The summed E-state index contributed by atoms with van der Waals surface area (Å²) in [6, 6.07) is 14.3. The predicted octanol–water partition coefficient (Wildman–Crippen LogP) is 4.49. The summed E-state index contributed by atoms with van der Waals surface area (Å²) in [6.45, 7) is 1.83. The first kappa shape index (κ1) is 19.7. The Kier molecular flexibility index (Phi) is 4.57. The molecule has 5 rings (SSSR count). The molecule has 1 fully saturated rings. The zero-order valence-corrected chi connectivity index (χ0v) is 17.7. The lowest BCUT2D eigenvalue weighted by atomic mass is 9.72. The lowest BCUT2D eigenvalue weighted by Crippen LogP contribution is -2.40. The highest BCUT2D eigenvalue weighted by Crippen LogP contribution is 2.45. The first-order valence-electron chi connectivity index (χ1n) is 10.1. The minimum Gasteiger partial charge on any atom is -0.390 e. The third kappa shape index (κ3) is 3.38. The number of imidazole rings is 1. The van der Waals surface area contributed by atoms with E-state index in [4.69, 9.17) is 22.3 Å². The Bertz CT molecular complexity index is 1310. The van der Waals surface area contributed by atoms with Gasteiger partial charge in [0.1, 0.15) is 22.9 Å². The fraction of sp³-hybridized carbons (Fsp3) is 0.208. The zero-order chi connectivity index (χ0) is 21.8. The second kappa shape index (κ2) is 7.18. The van der Waals surface area contributed by atoms with Crippen molar-refractivity contribution in [1.82, 2.24) is 14.4 Å². The lowest BCUT2D eigenvalue weighted by Gasteiger charge is -2.40. The van der Waals surface area contributed by atoms with Gasteiger partial charge in [0.2, 0.25) is 0 Å². The van der Waals surface area contributed by atoms with Crippen LogP contribution in [0.4, 0.5) is 5.82 Å². The van der Waals surface area contributed by atoms with Crippen LogP contribution >= 0.6 is 11.6 Å². The van der Waals surface area contributed by atoms with Crippen LogP contribution < -0.4 is 5.73 Å². The number of fused-ring (bicyclic) bond motifs is 1. The Hall–Kier alpha value is -3.22. The molecule has 1 aliphatic rings. The molecule has 0 atom stereocenters. The number of anilines is 1. The number of nitrogens with two attached hydrogens (primary N) is 1. The van der Waals surface area contributed by atoms with Crippen molar-refractivity contribution >= 4 is 28.7 Å². The highest BCUT2D eigenvalue weighted by atomic mass is 35.5. The maximum absolute atomic E-state index is 12.8. The van der Waals surface area contributed by atoms with Crippen LogP contribution in [0.3, 0.4) is 0 Å². The second-order valence-electron chi connectivity index (χ2n) is 8.34. The van der Waals surface area contributed by atoms with Crippen molar-refractivity contribution in [3.63, 3.8) is 0 Å². The molecule has 4 aromatic rings. The molecule has 3 N–H and O–H groups in total. The van der Waals surface area contributed by atoms with Crippen LogP contribution in [0.15, 0.2) is 60.9 Å². The molecular formula is C24H21ClN4O2. The van der Waals surface area contributed by atoms with Crippen LogP contribution in [0.25, 0.3) is 16.8 Å². The van der Waals surface area contributed by atoms with Crippen molar-refractivity contribution in [2.24, 2.45) is 0 Å². The number of ketones is 1. The van der Waals surface area contributed by atoms with E-state index in [1.54, 1.807) is 36.5 Å². The number of hydrogen-bond acceptors (Lipinski definition) is 5. The van der Waals surface area contributed by atoms with E-state index in [1.165, 1.54) is 0 Å². The van der Waals surface area contributed by atoms with Gasteiger partial charge >= 0.3 is 0 Å². The fourth-order valence-corrected chi connectivity index (χ4v) is 4.62. The standard InChI is InChI=1S/C24H21ClN4O2/c1-24(31)12-16(13-24)23-28-19(20-22(26)27-9-10-29(20)23)17-8-7-15(11-18(17)25)21(30)14-5-3-2-4-6-14/h2-11,16,31H,12-13H2,1H3,(H2,26,27)/t16-,24-. The average molecular weight is 433 g/mol. The van der Waals surface area contributed by atoms with Crippen LogP contribution in [0, 0.1) is 0 Å². The summed E-state index contributed by atoms with van der Waals surface area (Å²) in [5.74, 6) is 1.20. The third-order valence-corrected chi connectivity index (χ3v) is 6.18. The molecule has 0 aliphatic heterocycles. The van der Waals surface area contributed by atoms with Gasteiger partial charge in [-0.15, -0.1) is 0 Å². The monoisotopic (exact) mass is 432 g/mol. The maximum atomic E-state index is 12.8. The smallest absolute Gasteiger partial charge is 0.193 e. The van der Waals surface area contributed by atoms with E-state index in [9.17, 15) is 9.90 Å². The second-order valence-corrected chi connectivity index (χ2v) is 8.75. The van der Waals surface area contributed by atoms with Gasteiger partial charge in [-0.2, -0.15) is 0 Å². The summed E-state index contributed by atoms with van der Waals surface area (Å²) in [7, 11) is 0. The van der Waals surface area contributed by atoms with Crippen LogP contribution in [0.5, 0.6) is 0 Å². The molecule has 0 unspecified atom stereocenters. The van der Waals surface area contributed by atoms with E-state index in [-0.39, 0.29) is 11.7 Å². The number of hydrogen-bond donors (Lipinski definition) is 2. The Morgan fingerprint density at radius 3 is 2.61 bits per heavy atom. The van der Waals surface area contributed by atoms with E-state index in [0.29, 0.717) is 51.6 Å². The largest absolute Gasteiger partial charge is 0.390 e. The average Bonchev–Trinajstić information content (AvgIpc) is 3.12. The van der Waals surface area contributed by atoms with Crippen LogP contribution in [0.1, 0.15) is 47.4 Å². The molecule has 2 aromatic carbocycles. The minimum atomic E-state index is -0.674. The lowest BCUT2D eigenvalue weighted by molar-refractivity contribution is -0.0335. The van der Waals surface area contributed by atoms with Gasteiger partial charge in [-0.3, -0.25) is 9.20 Å². The number of aliphatic hydroxyl groups is 1. The van der Waals surface area contributed by atoms with Gasteiger partial charge in [0, 0.05) is 35.0 Å². The van der Waals surface area contributed by atoms with Crippen molar-refractivity contribution in [1.29, 1.82) is 0 Å². The zero-order valence-electron chi connectivity index (χ0n) is 16.9. The number of rotatable bonds is 4. The van der Waals surface area contributed by atoms with E-state index in [1.807, 2.05) is 35.7 Å². The summed E-state index contributed by atoms with van der Waals surface area (Å²) in [5, 5.41) is 10.6. The Balaban J connectivity index is 1.59. The van der Waals surface area contributed by atoms with E-state index in [2.05, 4.69) is 4.98 Å². The summed E-state index contributed by atoms with van der Waals surface area (Å²) < 4.78 is 1.93. The van der Waals surface area contributed by atoms with E-state index in [0.717, 1.165) is 5.82 Å². The molecule has 1 aliphatic carbocycles. The first-order valence-corrected chi connectivity index (χ1v) is 10.5. The molecule has 2 aromatic heterocycles. The van der Waals surface area contributed by atoms with Crippen molar-refractivity contribution in [2.45, 2.75) is 31.3 Å². The van der Waals surface area contributed by atoms with Gasteiger partial charge in [-0.1, -0.05) is 54.1 Å².